The van der Waals surface area contributed by atoms with Gasteiger partial charge in [-0.15, -0.1) is 0 Å². The first-order chi connectivity index (χ1) is 12.5. The number of hydrogen-bond donors (Lipinski definition) is 0. The molecule has 0 bridgehead atoms. The third-order valence-electron chi connectivity index (χ3n) is 10.7. The number of rotatable bonds is 1. The Kier molecular flexibility index (Phi) is 3.42. The van der Waals surface area contributed by atoms with Gasteiger partial charge in [0, 0.05) is 5.41 Å². The van der Waals surface area contributed by atoms with E-state index >= 15 is 0 Å². The Balaban J connectivity index is 1.30. The largest absolute Gasteiger partial charge is 0.297 e. The Labute approximate surface area is 159 Å². The Bertz CT molecular complexity index is 624. The van der Waals surface area contributed by atoms with E-state index in [-0.39, 0.29) is 11.5 Å². The highest BCUT2D eigenvalue weighted by Gasteiger charge is 2.64. The molecule has 0 aromatic rings. The van der Waals surface area contributed by atoms with Gasteiger partial charge in [0.25, 0.3) is 0 Å². The molecule has 2 nitrogen and oxygen atoms in total. The number of ketones is 1. The summed E-state index contributed by atoms with van der Waals surface area (Å²) in [6.45, 7) is 7.41. The zero-order chi connectivity index (χ0) is 17.7. The van der Waals surface area contributed by atoms with Gasteiger partial charge in [0.15, 0.2) is 5.78 Å². The third-order valence-corrected chi connectivity index (χ3v) is 10.7. The van der Waals surface area contributed by atoms with Crippen LogP contribution in [-0.4, -0.2) is 29.8 Å². The van der Waals surface area contributed by atoms with Gasteiger partial charge in [0.05, 0.1) is 6.04 Å². The van der Waals surface area contributed by atoms with Crippen molar-refractivity contribution in [1.82, 2.24) is 4.90 Å². The summed E-state index contributed by atoms with van der Waals surface area (Å²) in [5.41, 5.74) is 0.616. The fraction of sp³-hybridized carbons (Fsp3) is 0.958. The van der Waals surface area contributed by atoms with Gasteiger partial charge in [-0.05, 0) is 118 Å². The summed E-state index contributed by atoms with van der Waals surface area (Å²) >= 11 is 0. The highest BCUT2D eigenvalue weighted by molar-refractivity contribution is 5.92. The van der Waals surface area contributed by atoms with Crippen molar-refractivity contribution in [3.05, 3.63) is 0 Å². The van der Waals surface area contributed by atoms with Crippen LogP contribution in [0.25, 0.3) is 0 Å². The van der Waals surface area contributed by atoms with Crippen molar-refractivity contribution in [3.8, 4) is 0 Å². The molecule has 0 aromatic carbocycles. The lowest BCUT2D eigenvalue weighted by atomic mass is 9.45. The van der Waals surface area contributed by atoms with E-state index in [1.807, 2.05) is 0 Å². The van der Waals surface area contributed by atoms with Crippen molar-refractivity contribution in [2.75, 3.05) is 13.1 Å². The Morgan fingerprint density at radius 2 is 1.73 bits per heavy atom. The maximum absolute atomic E-state index is 13.5. The Hall–Kier alpha value is -0.370. The standard InChI is InChI=1S/C24H37NO/c1-23-8-7-19-18(6-5-17-12-15-11-16(15)14-24(17,19)2)20(23)13-21(22(23)26)25-9-3-4-10-25/h15-21H,3-14H2,1-2H3/t15-,16+,17?,18?,19?,20?,21?,23?,24?/m0/s1. The molecule has 9 atom stereocenters. The summed E-state index contributed by atoms with van der Waals surface area (Å²) < 4.78 is 0. The van der Waals surface area contributed by atoms with Gasteiger partial charge < -0.3 is 0 Å². The van der Waals surface area contributed by atoms with Crippen LogP contribution < -0.4 is 0 Å². The van der Waals surface area contributed by atoms with Gasteiger partial charge in [-0.2, -0.15) is 0 Å². The predicted molar refractivity (Wildman–Crippen MR) is 104 cm³/mol. The molecule has 1 aliphatic heterocycles. The summed E-state index contributed by atoms with van der Waals surface area (Å²) in [6.07, 6.45) is 13.9. The molecule has 5 saturated carbocycles. The topological polar surface area (TPSA) is 20.3 Å². The average Bonchev–Trinajstić information content (AvgIpc) is 3.02. The second kappa shape index (κ2) is 5.37. The van der Waals surface area contributed by atoms with Gasteiger partial charge in [-0.3, -0.25) is 9.69 Å². The highest BCUT2D eigenvalue weighted by atomic mass is 16.1. The molecular weight excluding hydrogens is 318 g/mol. The molecule has 7 unspecified atom stereocenters. The van der Waals surface area contributed by atoms with E-state index in [9.17, 15) is 4.79 Å². The Morgan fingerprint density at radius 1 is 0.923 bits per heavy atom. The summed E-state index contributed by atoms with van der Waals surface area (Å²) in [5.74, 6) is 6.28. The van der Waals surface area contributed by atoms with Crippen LogP contribution in [0.1, 0.15) is 78.1 Å². The number of likely N-dealkylation sites (tertiary alicyclic amines) is 1. The molecule has 144 valence electrons. The van der Waals surface area contributed by atoms with Gasteiger partial charge in [0.2, 0.25) is 0 Å². The van der Waals surface area contributed by atoms with Crippen molar-refractivity contribution in [2.24, 2.45) is 46.3 Å². The summed E-state index contributed by atoms with van der Waals surface area (Å²) in [5, 5.41) is 0. The zero-order valence-electron chi connectivity index (χ0n) is 16.9. The fourth-order valence-electron chi connectivity index (χ4n) is 9.18. The van der Waals surface area contributed by atoms with Crippen molar-refractivity contribution in [2.45, 2.75) is 84.1 Å². The molecule has 1 heterocycles. The number of carbonyl (C=O) groups excluding carboxylic acids is 1. The van der Waals surface area contributed by atoms with Crippen LogP contribution in [0.3, 0.4) is 0 Å². The van der Waals surface area contributed by atoms with Crippen LogP contribution in [0.4, 0.5) is 0 Å². The van der Waals surface area contributed by atoms with Gasteiger partial charge >= 0.3 is 0 Å². The lowest BCUT2D eigenvalue weighted by molar-refractivity contribution is -0.140. The van der Waals surface area contributed by atoms with Crippen LogP contribution in [0.5, 0.6) is 0 Å². The van der Waals surface area contributed by atoms with Crippen LogP contribution in [0, 0.1) is 46.3 Å². The summed E-state index contributed by atoms with van der Waals surface area (Å²) in [6, 6.07) is 0.274. The van der Waals surface area contributed by atoms with E-state index < -0.39 is 0 Å². The molecule has 0 amide bonds. The van der Waals surface area contributed by atoms with E-state index in [1.165, 1.54) is 64.5 Å². The molecule has 0 N–H and O–H groups in total. The fourth-order valence-corrected chi connectivity index (χ4v) is 9.18. The number of nitrogens with zero attached hydrogens (tertiary/aromatic N) is 1. The summed E-state index contributed by atoms with van der Waals surface area (Å²) in [7, 11) is 0. The smallest absolute Gasteiger partial charge is 0.156 e. The number of Topliss-reactive ketones (excluding diaryl/α,β-unsaturated/α-hetero) is 1. The molecule has 1 saturated heterocycles. The number of fused-ring (bicyclic) bond motifs is 6. The third kappa shape index (κ3) is 2.06. The molecule has 5 aliphatic carbocycles. The highest BCUT2D eigenvalue weighted by Crippen LogP contribution is 2.69. The van der Waals surface area contributed by atoms with Crippen LogP contribution in [0.2, 0.25) is 0 Å². The normalized spacial score (nSPS) is 58.7. The van der Waals surface area contributed by atoms with Crippen LogP contribution in [0.15, 0.2) is 0 Å². The maximum atomic E-state index is 13.5. The maximum Gasteiger partial charge on any atom is 0.156 e. The van der Waals surface area contributed by atoms with E-state index in [4.69, 9.17) is 0 Å². The van der Waals surface area contributed by atoms with E-state index in [1.54, 1.807) is 12.8 Å². The molecule has 6 aliphatic rings. The SMILES string of the molecule is CC12CCC3C(CCC4C[C@@H]5C[C@@H]5CC43C)C1CC(N1CCCC1)C2=O. The summed E-state index contributed by atoms with van der Waals surface area (Å²) in [4.78, 5) is 16.1. The first kappa shape index (κ1) is 16.6. The van der Waals surface area contributed by atoms with Crippen molar-refractivity contribution < 1.29 is 4.79 Å². The lowest BCUT2D eigenvalue weighted by Crippen LogP contribution is -2.53. The van der Waals surface area contributed by atoms with Gasteiger partial charge in [0.1, 0.15) is 0 Å². The minimum absolute atomic E-state index is 0.00834. The van der Waals surface area contributed by atoms with Crippen molar-refractivity contribution in [1.29, 1.82) is 0 Å². The monoisotopic (exact) mass is 355 g/mol. The quantitative estimate of drug-likeness (QED) is 0.665. The lowest BCUT2D eigenvalue weighted by Gasteiger charge is -2.59. The van der Waals surface area contributed by atoms with Crippen LogP contribution >= 0.6 is 0 Å². The number of hydrogen-bond acceptors (Lipinski definition) is 2. The predicted octanol–water partition coefficient (Wildman–Crippen LogP) is 4.92. The Morgan fingerprint density at radius 3 is 2.54 bits per heavy atom. The molecule has 6 fully saturated rings. The molecule has 6 rings (SSSR count). The minimum atomic E-state index is 0.00834. The first-order valence-corrected chi connectivity index (χ1v) is 11.8. The second-order valence-corrected chi connectivity index (χ2v) is 11.7. The second-order valence-electron chi connectivity index (χ2n) is 11.7. The van der Waals surface area contributed by atoms with Crippen molar-refractivity contribution >= 4 is 5.78 Å². The zero-order valence-corrected chi connectivity index (χ0v) is 16.9. The molecule has 0 radical (unpaired) electrons. The average molecular weight is 356 g/mol. The van der Waals surface area contributed by atoms with E-state index in [0.717, 1.165) is 29.6 Å². The number of carbonyl (C=O) groups is 1. The van der Waals surface area contributed by atoms with E-state index in [2.05, 4.69) is 18.7 Å². The molecule has 0 spiro atoms. The van der Waals surface area contributed by atoms with Gasteiger partial charge in [-0.25, -0.2) is 0 Å². The van der Waals surface area contributed by atoms with E-state index in [0.29, 0.717) is 17.1 Å². The molecule has 2 heteroatoms. The molecule has 26 heavy (non-hydrogen) atoms. The van der Waals surface area contributed by atoms with Crippen molar-refractivity contribution in [3.63, 3.8) is 0 Å². The molecule has 0 aromatic heterocycles. The van der Waals surface area contributed by atoms with Gasteiger partial charge in [-0.1, -0.05) is 13.8 Å². The van der Waals surface area contributed by atoms with Crippen LogP contribution in [-0.2, 0) is 4.79 Å². The minimum Gasteiger partial charge on any atom is -0.297 e. The molecular formula is C24H37NO. The first-order valence-electron chi connectivity index (χ1n) is 11.8.